The van der Waals surface area contributed by atoms with E-state index in [1.807, 2.05) is 12.1 Å². The Labute approximate surface area is 189 Å². The van der Waals surface area contributed by atoms with E-state index in [1.165, 1.54) is 32.1 Å². The largest absolute Gasteiger partial charge is 0.493 e. The molecule has 1 saturated heterocycles. The summed E-state index contributed by atoms with van der Waals surface area (Å²) in [5.74, 6) is 2.69. The van der Waals surface area contributed by atoms with Crippen LogP contribution in [0, 0.1) is 29.6 Å². The highest BCUT2D eigenvalue weighted by molar-refractivity contribution is 5.89. The van der Waals surface area contributed by atoms with Gasteiger partial charge in [0.1, 0.15) is 5.75 Å². The maximum atomic E-state index is 11.8. The Balaban J connectivity index is 1.02. The zero-order valence-electron chi connectivity index (χ0n) is 18.9. The highest BCUT2D eigenvalue weighted by Gasteiger charge is 2.66. The Bertz CT molecular complexity index is 812. The van der Waals surface area contributed by atoms with Gasteiger partial charge in [0.15, 0.2) is 0 Å². The monoisotopic (exact) mass is 442 g/mol. The van der Waals surface area contributed by atoms with E-state index in [2.05, 4.69) is 0 Å². The van der Waals surface area contributed by atoms with Crippen LogP contribution >= 0.6 is 0 Å². The molecule has 32 heavy (non-hydrogen) atoms. The molecule has 0 amide bonds. The fourth-order valence-electron chi connectivity index (χ4n) is 7.19. The standard InChI is InChI=1S/C26H34O6/c1-2-28-24(27)20-3-5-23(6-4-20)29-16-17-7-9-25(10-8-17)30-26(32-31-25)21-12-18-11-19(14-21)15-22(26)13-18/h3-6,17-19,21-22H,2,7-16H2,1H3. The molecule has 6 aliphatic rings. The smallest absolute Gasteiger partial charge is 0.338 e. The van der Waals surface area contributed by atoms with Crippen molar-refractivity contribution in [2.24, 2.45) is 29.6 Å². The minimum absolute atomic E-state index is 0.299. The van der Waals surface area contributed by atoms with Crippen molar-refractivity contribution >= 4 is 5.97 Å². The van der Waals surface area contributed by atoms with E-state index in [1.54, 1.807) is 19.1 Å². The zero-order chi connectivity index (χ0) is 21.8. The minimum Gasteiger partial charge on any atom is -0.493 e. The summed E-state index contributed by atoms with van der Waals surface area (Å²) in [4.78, 5) is 23.9. The van der Waals surface area contributed by atoms with Gasteiger partial charge in [0.25, 0.3) is 0 Å². The summed E-state index contributed by atoms with van der Waals surface area (Å²) < 4.78 is 17.8. The molecule has 1 aliphatic heterocycles. The molecule has 6 heteroatoms. The first-order chi connectivity index (χ1) is 15.6. The van der Waals surface area contributed by atoms with Gasteiger partial charge in [-0.3, -0.25) is 0 Å². The van der Waals surface area contributed by atoms with Crippen molar-refractivity contribution in [2.75, 3.05) is 13.2 Å². The lowest BCUT2D eigenvalue weighted by molar-refractivity contribution is -0.390. The predicted octanol–water partition coefficient (Wildman–Crippen LogP) is 5.26. The normalized spacial score (nSPS) is 42.0. The van der Waals surface area contributed by atoms with Gasteiger partial charge >= 0.3 is 5.97 Å². The number of rotatable bonds is 5. The third-order valence-electron chi connectivity index (χ3n) is 8.66. The van der Waals surface area contributed by atoms with Crippen molar-refractivity contribution in [3.63, 3.8) is 0 Å². The van der Waals surface area contributed by atoms with Crippen LogP contribution < -0.4 is 4.74 Å². The molecule has 0 aromatic heterocycles. The van der Waals surface area contributed by atoms with Gasteiger partial charge in [0.2, 0.25) is 11.6 Å². The first-order valence-electron chi connectivity index (χ1n) is 12.5. The molecule has 1 heterocycles. The summed E-state index contributed by atoms with van der Waals surface area (Å²) in [6, 6.07) is 7.18. The summed E-state index contributed by atoms with van der Waals surface area (Å²) in [7, 11) is 0. The molecule has 2 spiro atoms. The Morgan fingerprint density at radius 1 is 0.969 bits per heavy atom. The van der Waals surface area contributed by atoms with E-state index in [0.29, 0.717) is 36.5 Å². The Morgan fingerprint density at radius 2 is 1.62 bits per heavy atom. The SMILES string of the molecule is CCOC(=O)c1ccc(OCC2CCC3(CC2)OOC2(O3)C3CC4CC(C3)CC2C4)cc1. The number of hydrogen-bond donors (Lipinski definition) is 0. The number of carbonyl (C=O) groups excluding carboxylic acids is 1. The van der Waals surface area contributed by atoms with E-state index in [0.717, 1.165) is 43.3 Å². The molecule has 0 radical (unpaired) electrons. The highest BCUT2D eigenvalue weighted by atomic mass is 17.3. The van der Waals surface area contributed by atoms with Crippen molar-refractivity contribution in [1.29, 1.82) is 0 Å². The van der Waals surface area contributed by atoms with Crippen LogP contribution in [0.3, 0.4) is 0 Å². The van der Waals surface area contributed by atoms with Gasteiger partial charge in [-0.1, -0.05) is 0 Å². The van der Waals surface area contributed by atoms with Crippen LogP contribution in [0.15, 0.2) is 24.3 Å². The molecule has 1 aromatic carbocycles. The van der Waals surface area contributed by atoms with Crippen molar-refractivity contribution in [1.82, 2.24) is 0 Å². The zero-order valence-corrected chi connectivity index (χ0v) is 18.9. The summed E-state index contributed by atoms with van der Waals surface area (Å²) in [6.07, 6.45) is 10.1. The van der Waals surface area contributed by atoms with Crippen molar-refractivity contribution in [3.05, 3.63) is 29.8 Å². The average Bonchev–Trinajstić information content (AvgIpc) is 3.17. The van der Waals surface area contributed by atoms with Crippen LogP contribution in [0.1, 0.15) is 75.1 Å². The molecule has 0 N–H and O–H groups in total. The second-order valence-corrected chi connectivity index (χ2v) is 10.7. The molecule has 6 fully saturated rings. The van der Waals surface area contributed by atoms with Gasteiger partial charge in [-0.25, -0.2) is 4.79 Å². The maximum absolute atomic E-state index is 11.8. The number of carbonyl (C=O) groups is 1. The lowest BCUT2D eigenvalue weighted by atomic mass is 9.53. The van der Waals surface area contributed by atoms with Crippen LogP contribution in [-0.2, 0) is 19.2 Å². The van der Waals surface area contributed by atoms with Gasteiger partial charge < -0.3 is 14.2 Å². The molecule has 4 bridgehead atoms. The Hall–Kier alpha value is -1.63. The lowest BCUT2D eigenvalue weighted by Gasteiger charge is -2.57. The molecular formula is C26H34O6. The van der Waals surface area contributed by atoms with Crippen LogP contribution in [-0.4, -0.2) is 30.8 Å². The lowest BCUT2D eigenvalue weighted by Crippen LogP contribution is -2.59. The van der Waals surface area contributed by atoms with E-state index in [9.17, 15) is 4.79 Å². The van der Waals surface area contributed by atoms with Crippen molar-refractivity contribution in [2.45, 2.75) is 76.3 Å². The van der Waals surface area contributed by atoms with Gasteiger partial charge in [-0.2, -0.15) is 9.78 Å². The van der Waals surface area contributed by atoms with E-state index < -0.39 is 11.6 Å². The summed E-state index contributed by atoms with van der Waals surface area (Å²) >= 11 is 0. The summed E-state index contributed by atoms with van der Waals surface area (Å²) in [5.41, 5.74) is 0.549. The third kappa shape index (κ3) is 3.55. The first kappa shape index (κ1) is 20.9. The second kappa shape index (κ2) is 8.00. The van der Waals surface area contributed by atoms with Gasteiger partial charge in [0, 0.05) is 24.7 Å². The van der Waals surface area contributed by atoms with Crippen LogP contribution in [0.5, 0.6) is 5.75 Å². The summed E-state index contributed by atoms with van der Waals surface area (Å²) in [6.45, 7) is 2.85. The van der Waals surface area contributed by atoms with Crippen molar-refractivity contribution < 1.29 is 28.8 Å². The maximum Gasteiger partial charge on any atom is 0.338 e. The average molecular weight is 443 g/mol. The Kier molecular flexibility index (Phi) is 5.23. The molecule has 0 unspecified atom stereocenters. The van der Waals surface area contributed by atoms with Gasteiger partial charge in [-0.15, -0.1) is 0 Å². The van der Waals surface area contributed by atoms with Gasteiger partial charge in [0.05, 0.1) is 18.8 Å². The summed E-state index contributed by atoms with van der Waals surface area (Å²) in [5, 5.41) is 0. The fourth-order valence-corrected chi connectivity index (χ4v) is 7.19. The quantitative estimate of drug-likeness (QED) is 0.458. The molecule has 174 valence electrons. The first-order valence-corrected chi connectivity index (χ1v) is 12.5. The number of hydrogen-bond acceptors (Lipinski definition) is 6. The third-order valence-corrected chi connectivity index (χ3v) is 8.66. The fraction of sp³-hybridized carbons (Fsp3) is 0.731. The van der Waals surface area contributed by atoms with Crippen LogP contribution in [0.25, 0.3) is 0 Å². The van der Waals surface area contributed by atoms with E-state index >= 15 is 0 Å². The topological polar surface area (TPSA) is 63.2 Å². The molecule has 5 aliphatic carbocycles. The molecule has 1 aromatic rings. The molecule has 0 atom stereocenters. The molecule has 6 nitrogen and oxygen atoms in total. The highest BCUT2D eigenvalue weighted by Crippen LogP contribution is 2.63. The van der Waals surface area contributed by atoms with Crippen LogP contribution in [0.2, 0.25) is 0 Å². The Morgan fingerprint density at radius 3 is 2.25 bits per heavy atom. The van der Waals surface area contributed by atoms with Gasteiger partial charge in [-0.05, 0) is 93.9 Å². The number of ether oxygens (including phenoxy) is 3. The van der Waals surface area contributed by atoms with Crippen molar-refractivity contribution in [3.8, 4) is 5.75 Å². The molecule has 7 rings (SSSR count). The van der Waals surface area contributed by atoms with Crippen LogP contribution in [0.4, 0.5) is 0 Å². The molecule has 5 saturated carbocycles. The number of esters is 1. The molecular weight excluding hydrogens is 408 g/mol. The van der Waals surface area contributed by atoms with E-state index in [-0.39, 0.29) is 5.97 Å². The number of benzene rings is 1. The van der Waals surface area contributed by atoms with E-state index in [4.69, 9.17) is 24.0 Å². The minimum atomic E-state index is -0.562. The predicted molar refractivity (Wildman–Crippen MR) is 116 cm³/mol. The second-order valence-electron chi connectivity index (χ2n) is 10.7.